The van der Waals surface area contributed by atoms with Gasteiger partial charge in [0.1, 0.15) is 10.8 Å². The average molecular weight is 495 g/mol. The fourth-order valence-corrected chi connectivity index (χ4v) is 5.76. The number of benzene rings is 1. The summed E-state index contributed by atoms with van der Waals surface area (Å²) >= 11 is 0. The number of halogens is 3. The standard InChI is InChI=1S/C25H29F3N2O3S/c1-5-16-9-14(3)10-17(6-2)23(16)24-19(31)11-18(12-20(24)32)15(4)13-34(33)22-8-7-21(29-30-22)25(26,27)28/h7-10,15,18,31H,5-6,11-13H2,1-4H3. The molecule has 0 radical (unpaired) electrons. The van der Waals surface area contributed by atoms with Gasteiger partial charge in [0.25, 0.3) is 0 Å². The van der Waals surface area contributed by atoms with Crippen LogP contribution in [0.1, 0.15) is 61.6 Å². The Morgan fingerprint density at radius 2 is 1.74 bits per heavy atom. The molecule has 34 heavy (non-hydrogen) atoms. The van der Waals surface area contributed by atoms with Crippen LogP contribution in [0, 0.1) is 18.8 Å². The lowest BCUT2D eigenvalue weighted by Crippen LogP contribution is -2.27. The van der Waals surface area contributed by atoms with Gasteiger partial charge in [-0.3, -0.25) is 9.00 Å². The molecule has 1 aliphatic carbocycles. The molecule has 0 fully saturated rings. The molecule has 1 N–H and O–H groups in total. The number of aliphatic hydroxyl groups excluding tert-OH is 1. The molecule has 0 spiro atoms. The number of carbonyl (C=O) groups excluding carboxylic acids is 1. The van der Waals surface area contributed by atoms with Gasteiger partial charge in [0.05, 0.1) is 16.4 Å². The lowest BCUT2D eigenvalue weighted by molar-refractivity contribution is -0.141. The number of alkyl halides is 3. The van der Waals surface area contributed by atoms with Crippen molar-refractivity contribution in [1.29, 1.82) is 0 Å². The van der Waals surface area contributed by atoms with E-state index in [0.29, 0.717) is 5.57 Å². The quantitative estimate of drug-likeness (QED) is 0.540. The molecular formula is C25H29F3N2O3S. The zero-order chi connectivity index (χ0) is 25.2. The second kappa shape index (κ2) is 10.4. The van der Waals surface area contributed by atoms with Gasteiger partial charge in [-0.05, 0) is 60.4 Å². The van der Waals surface area contributed by atoms with Crippen LogP contribution in [0.15, 0.2) is 35.1 Å². The number of hydrogen-bond donors (Lipinski definition) is 1. The maximum atomic E-state index is 13.2. The number of hydrogen-bond acceptors (Lipinski definition) is 5. The summed E-state index contributed by atoms with van der Waals surface area (Å²) in [5, 5.41) is 17.5. The Hall–Kier alpha value is -2.55. The number of aromatic nitrogens is 2. The first-order chi connectivity index (χ1) is 16.0. The van der Waals surface area contributed by atoms with E-state index >= 15 is 0 Å². The largest absolute Gasteiger partial charge is 0.512 e. The molecule has 3 unspecified atom stereocenters. The third-order valence-corrected chi connectivity index (χ3v) is 7.82. The second-order valence-corrected chi connectivity index (χ2v) is 10.3. The van der Waals surface area contributed by atoms with Crippen LogP contribution < -0.4 is 0 Å². The SMILES string of the molecule is CCc1cc(C)cc(CC)c1C1=C(O)CC(C(C)CS(=O)c2ccc(C(F)(F)F)nn2)CC1=O. The Kier molecular flexibility index (Phi) is 7.95. The van der Waals surface area contributed by atoms with E-state index in [1.165, 1.54) is 0 Å². The molecule has 1 heterocycles. The summed E-state index contributed by atoms with van der Waals surface area (Å²) in [5.74, 6) is -0.462. The minimum absolute atomic E-state index is 0.0396. The van der Waals surface area contributed by atoms with E-state index in [1.807, 2.05) is 39.8 Å². The van der Waals surface area contributed by atoms with E-state index in [4.69, 9.17) is 0 Å². The van der Waals surface area contributed by atoms with Gasteiger partial charge in [0.15, 0.2) is 11.5 Å². The molecule has 1 aromatic carbocycles. The van der Waals surface area contributed by atoms with E-state index in [0.717, 1.165) is 47.2 Å². The van der Waals surface area contributed by atoms with Gasteiger partial charge < -0.3 is 5.11 Å². The van der Waals surface area contributed by atoms with Crippen molar-refractivity contribution in [2.75, 3.05) is 5.75 Å². The molecule has 0 saturated carbocycles. The Labute approximate surface area is 200 Å². The first kappa shape index (κ1) is 26.1. The Morgan fingerprint density at radius 1 is 1.12 bits per heavy atom. The van der Waals surface area contributed by atoms with Crippen LogP contribution in [0.5, 0.6) is 0 Å². The van der Waals surface area contributed by atoms with Crippen molar-refractivity contribution >= 4 is 22.2 Å². The molecule has 0 bridgehead atoms. The van der Waals surface area contributed by atoms with Crippen molar-refractivity contribution in [2.45, 2.75) is 64.6 Å². The molecule has 3 rings (SSSR count). The highest BCUT2D eigenvalue weighted by Crippen LogP contribution is 2.39. The zero-order valence-electron chi connectivity index (χ0n) is 19.7. The molecule has 184 valence electrons. The molecule has 0 aliphatic heterocycles. The molecule has 3 atom stereocenters. The van der Waals surface area contributed by atoms with Crippen LogP contribution in [0.4, 0.5) is 13.2 Å². The predicted octanol–water partition coefficient (Wildman–Crippen LogP) is 5.62. The monoisotopic (exact) mass is 494 g/mol. The zero-order valence-corrected chi connectivity index (χ0v) is 20.5. The third kappa shape index (κ3) is 5.56. The number of aliphatic hydroxyl groups is 1. The second-order valence-electron chi connectivity index (χ2n) is 8.82. The Morgan fingerprint density at radius 3 is 2.21 bits per heavy atom. The van der Waals surface area contributed by atoms with Crippen molar-refractivity contribution in [2.24, 2.45) is 11.8 Å². The normalized spacial score (nSPS) is 18.8. The van der Waals surface area contributed by atoms with Gasteiger partial charge in [0.2, 0.25) is 0 Å². The van der Waals surface area contributed by atoms with Crippen molar-refractivity contribution in [3.05, 3.63) is 58.0 Å². The van der Waals surface area contributed by atoms with Crippen molar-refractivity contribution in [1.82, 2.24) is 10.2 Å². The number of nitrogens with zero attached hydrogens (tertiary/aromatic N) is 2. The topological polar surface area (TPSA) is 80.2 Å². The van der Waals surface area contributed by atoms with Gasteiger partial charge in [-0.2, -0.15) is 13.2 Å². The van der Waals surface area contributed by atoms with Crippen molar-refractivity contribution < 1.29 is 27.3 Å². The van der Waals surface area contributed by atoms with Crippen LogP contribution >= 0.6 is 0 Å². The average Bonchev–Trinajstić information content (AvgIpc) is 2.78. The smallest absolute Gasteiger partial charge is 0.435 e. The summed E-state index contributed by atoms with van der Waals surface area (Å²) in [4.78, 5) is 13.2. The van der Waals surface area contributed by atoms with Gasteiger partial charge in [0, 0.05) is 18.6 Å². The van der Waals surface area contributed by atoms with Gasteiger partial charge in [-0.1, -0.05) is 38.5 Å². The summed E-state index contributed by atoms with van der Waals surface area (Å²) in [6.45, 7) is 7.88. The summed E-state index contributed by atoms with van der Waals surface area (Å²) < 4.78 is 50.7. The molecule has 5 nitrogen and oxygen atoms in total. The minimum Gasteiger partial charge on any atom is -0.512 e. The number of Topliss-reactive ketones (excluding diaryl/α,β-unsaturated/α-hetero) is 1. The van der Waals surface area contributed by atoms with Gasteiger partial charge in [-0.25, -0.2) is 0 Å². The first-order valence-corrected chi connectivity index (χ1v) is 12.6. The van der Waals surface area contributed by atoms with Crippen LogP contribution in [-0.4, -0.2) is 31.0 Å². The van der Waals surface area contributed by atoms with E-state index < -0.39 is 22.7 Å². The van der Waals surface area contributed by atoms with Crippen molar-refractivity contribution in [3.63, 3.8) is 0 Å². The van der Waals surface area contributed by atoms with Crippen LogP contribution in [0.3, 0.4) is 0 Å². The molecule has 1 aromatic heterocycles. The van der Waals surface area contributed by atoms with Gasteiger partial charge in [-0.15, -0.1) is 10.2 Å². The van der Waals surface area contributed by atoms with Crippen molar-refractivity contribution in [3.8, 4) is 0 Å². The first-order valence-electron chi connectivity index (χ1n) is 11.3. The van der Waals surface area contributed by atoms with Crippen LogP contribution in [0.25, 0.3) is 5.57 Å². The summed E-state index contributed by atoms with van der Waals surface area (Å²) in [7, 11) is -1.68. The summed E-state index contributed by atoms with van der Waals surface area (Å²) in [6.07, 6.45) is -2.66. The minimum atomic E-state index is -4.61. The third-order valence-electron chi connectivity index (χ3n) is 6.31. The number of ketones is 1. The molecule has 1 aliphatic rings. The Balaban J connectivity index is 1.80. The van der Waals surface area contributed by atoms with E-state index in [1.54, 1.807) is 0 Å². The molecule has 0 amide bonds. The molecule has 0 saturated heterocycles. The maximum Gasteiger partial charge on any atom is 0.435 e. The van der Waals surface area contributed by atoms with E-state index in [2.05, 4.69) is 10.2 Å². The van der Waals surface area contributed by atoms with E-state index in [9.17, 15) is 27.3 Å². The molecule has 2 aromatic rings. The summed E-state index contributed by atoms with van der Waals surface area (Å²) in [5.41, 5.74) is 3.23. The fourth-order valence-electron chi connectivity index (χ4n) is 4.48. The van der Waals surface area contributed by atoms with Crippen LogP contribution in [0.2, 0.25) is 0 Å². The number of aryl methyl sites for hydroxylation is 3. The Bertz CT molecular complexity index is 1100. The summed E-state index contributed by atoms with van der Waals surface area (Å²) in [6, 6.07) is 5.92. The van der Waals surface area contributed by atoms with Crippen LogP contribution in [-0.2, 0) is 34.6 Å². The lowest BCUT2D eigenvalue weighted by atomic mass is 9.76. The predicted molar refractivity (Wildman–Crippen MR) is 125 cm³/mol. The lowest BCUT2D eigenvalue weighted by Gasteiger charge is -2.29. The number of allylic oxidation sites excluding steroid dienone is 2. The maximum absolute atomic E-state index is 13.2. The fraction of sp³-hybridized carbons (Fsp3) is 0.480. The van der Waals surface area contributed by atoms with E-state index in [-0.39, 0.29) is 47.0 Å². The number of carbonyl (C=O) groups is 1. The highest BCUT2D eigenvalue weighted by atomic mass is 32.2. The number of rotatable bonds is 7. The van der Waals surface area contributed by atoms with Gasteiger partial charge >= 0.3 is 6.18 Å². The highest BCUT2D eigenvalue weighted by Gasteiger charge is 2.35. The highest BCUT2D eigenvalue weighted by molar-refractivity contribution is 7.84. The molecular weight excluding hydrogens is 465 g/mol. The molecule has 9 heteroatoms.